The number of amides is 1. The second kappa shape index (κ2) is 7.64. The number of carbonyl (C=O) groups is 1. The number of nitrogens with one attached hydrogen (secondary N) is 1. The maximum atomic E-state index is 11.4. The molecule has 1 saturated heterocycles. The average molecular weight is 359 g/mol. The van der Waals surface area contributed by atoms with Gasteiger partial charge in [0.25, 0.3) is 0 Å². The molecule has 4 rings (SSSR count). The number of alkyl carbamates (subject to hydrolysis) is 1. The van der Waals surface area contributed by atoms with Crippen molar-refractivity contribution >= 4 is 6.09 Å². The lowest BCUT2D eigenvalue weighted by atomic mass is 9.80. The first-order chi connectivity index (χ1) is 13.3. The van der Waals surface area contributed by atoms with Crippen LogP contribution in [0.1, 0.15) is 16.7 Å². The molecular weight excluding hydrogens is 338 g/mol. The van der Waals surface area contributed by atoms with Crippen LogP contribution in [-0.2, 0) is 15.1 Å². The molecule has 4 heteroatoms. The second-order valence-electron chi connectivity index (χ2n) is 6.50. The van der Waals surface area contributed by atoms with Crippen LogP contribution < -0.4 is 5.32 Å². The normalized spacial score (nSPS) is 16.6. The van der Waals surface area contributed by atoms with Gasteiger partial charge in [-0.3, -0.25) is 0 Å². The first-order valence-electron chi connectivity index (χ1n) is 9.04. The van der Waals surface area contributed by atoms with E-state index in [4.69, 9.17) is 9.47 Å². The minimum absolute atomic E-state index is 0.289. The van der Waals surface area contributed by atoms with E-state index in [-0.39, 0.29) is 12.7 Å². The molecule has 0 aliphatic carbocycles. The number of carbonyl (C=O) groups excluding carboxylic acids is 1. The summed E-state index contributed by atoms with van der Waals surface area (Å²) >= 11 is 0. The largest absolute Gasteiger partial charge is 0.442 e. The van der Waals surface area contributed by atoms with Crippen LogP contribution in [0.4, 0.5) is 4.79 Å². The summed E-state index contributed by atoms with van der Waals surface area (Å²) < 4.78 is 11.9. The number of cyclic esters (lactones) is 1. The lowest BCUT2D eigenvalue weighted by Gasteiger charge is -2.36. The zero-order valence-corrected chi connectivity index (χ0v) is 14.9. The zero-order chi connectivity index (χ0) is 18.5. The smallest absolute Gasteiger partial charge is 0.407 e. The van der Waals surface area contributed by atoms with Crippen LogP contribution in [0, 0.1) is 0 Å². The molecule has 0 aromatic heterocycles. The van der Waals surface area contributed by atoms with Gasteiger partial charge in [-0.05, 0) is 16.7 Å². The Hall–Kier alpha value is -3.11. The van der Waals surface area contributed by atoms with Crippen LogP contribution in [0.2, 0.25) is 0 Å². The Morgan fingerprint density at radius 3 is 1.63 bits per heavy atom. The molecule has 136 valence electrons. The fourth-order valence-electron chi connectivity index (χ4n) is 3.51. The first-order valence-corrected chi connectivity index (χ1v) is 9.04. The Bertz CT molecular complexity index is 785. The summed E-state index contributed by atoms with van der Waals surface area (Å²) in [5.74, 6) is 0. The van der Waals surface area contributed by atoms with Crippen LogP contribution in [0.3, 0.4) is 0 Å². The highest BCUT2D eigenvalue weighted by molar-refractivity contribution is 5.69. The molecule has 1 aliphatic heterocycles. The first kappa shape index (κ1) is 17.3. The summed E-state index contributed by atoms with van der Waals surface area (Å²) in [6, 6.07) is 30.5. The highest BCUT2D eigenvalue weighted by Crippen LogP contribution is 2.40. The number of ether oxygens (including phenoxy) is 2. The molecule has 1 fully saturated rings. The van der Waals surface area contributed by atoms with Gasteiger partial charge in [0.2, 0.25) is 0 Å². The van der Waals surface area contributed by atoms with E-state index in [0.29, 0.717) is 6.54 Å². The molecule has 0 radical (unpaired) electrons. The van der Waals surface area contributed by atoms with E-state index in [1.165, 1.54) is 0 Å². The molecular formula is C23H21NO3. The summed E-state index contributed by atoms with van der Waals surface area (Å²) in [6.45, 7) is 0.741. The Kier molecular flexibility index (Phi) is 4.90. The van der Waals surface area contributed by atoms with Crippen LogP contribution in [0.15, 0.2) is 91.0 Å². The van der Waals surface area contributed by atoms with E-state index < -0.39 is 11.7 Å². The predicted molar refractivity (Wildman–Crippen MR) is 103 cm³/mol. The molecule has 1 unspecified atom stereocenters. The fraction of sp³-hybridized carbons (Fsp3) is 0.174. The molecule has 0 saturated carbocycles. The van der Waals surface area contributed by atoms with Gasteiger partial charge < -0.3 is 14.8 Å². The molecule has 27 heavy (non-hydrogen) atoms. The Labute approximate surface area is 158 Å². The SMILES string of the molecule is O=C1NCC(COC(c2ccccc2)(c2ccccc2)c2ccccc2)O1. The average Bonchev–Trinajstić information content (AvgIpc) is 3.16. The molecule has 1 N–H and O–H groups in total. The molecule has 1 heterocycles. The van der Waals surface area contributed by atoms with Gasteiger partial charge in [0.05, 0.1) is 13.2 Å². The third-order valence-corrected chi connectivity index (χ3v) is 4.77. The van der Waals surface area contributed by atoms with E-state index >= 15 is 0 Å². The Balaban J connectivity index is 1.82. The molecule has 3 aromatic rings. The van der Waals surface area contributed by atoms with Gasteiger partial charge in [0.1, 0.15) is 11.7 Å². The summed E-state index contributed by atoms with van der Waals surface area (Å²) in [4.78, 5) is 11.4. The van der Waals surface area contributed by atoms with Crippen molar-refractivity contribution in [3.05, 3.63) is 108 Å². The molecule has 3 aromatic carbocycles. The highest BCUT2D eigenvalue weighted by Gasteiger charge is 2.39. The third-order valence-electron chi connectivity index (χ3n) is 4.77. The van der Waals surface area contributed by atoms with Crippen LogP contribution >= 0.6 is 0 Å². The van der Waals surface area contributed by atoms with Gasteiger partial charge in [-0.15, -0.1) is 0 Å². The third kappa shape index (κ3) is 3.44. The van der Waals surface area contributed by atoms with E-state index in [1.54, 1.807) is 0 Å². The number of hydrogen-bond donors (Lipinski definition) is 1. The van der Waals surface area contributed by atoms with Crippen molar-refractivity contribution in [1.82, 2.24) is 5.32 Å². The lowest BCUT2D eigenvalue weighted by molar-refractivity contribution is -0.0296. The van der Waals surface area contributed by atoms with Crippen molar-refractivity contribution < 1.29 is 14.3 Å². The van der Waals surface area contributed by atoms with E-state index in [0.717, 1.165) is 16.7 Å². The van der Waals surface area contributed by atoms with E-state index in [9.17, 15) is 4.79 Å². The summed E-state index contributed by atoms with van der Waals surface area (Å²) in [7, 11) is 0. The van der Waals surface area contributed by atoms with Crippen molar-refractivity contribution in [1.29, 1.82) is 0 Å². The van der Waals surface area contributed by atoms with E-state index in [1.807, 2.05) is 54.6 Å². The van der Waals surface area contributed by atoms with Crippen molar-refractivity contribution in [2.45, 2.75) is 11.7 Å². The summed E-state index contributed by atoms with van der Waals surface area (Å²) in [6.07, 6.45) is -0.707. The summed E-state index contributed by atoms with van der Waals surface area (Å²) in [5.41, 5.74) is 2.29. The van der Waals surface area contributed by atoms with Gasteiger partial charge in [0, 0.05) is 0 Å². The summed E-state index contributed by atoms with van der Waals surface area (Å²) in [5, 5.41) is 2.68. The molecule has 1 atom stereocenters. The highest BCUT2D eigenvalue weighted by atomic mass is 16.6. The van der Waals surface area contributed by atoms with Crippen molar-refractivity contribution in [2.24, 2.45) is 0 Å². The molecule has 0 spiro atoms. The maximum absolute atomic E-state index is 11.4. The fourth-order valence-corrected chi connectivity index (χ4v) is 3.51. The van der Waals surface area contributed by atoms with Crippen LogP contribution in [0.25, 0.3) is 0 Å². The topological polar surface area (TPSA) is 47.6 Å². The molecule has 4 nitrogen and oxygen atoms in total. The Morgan fingerprint density at radius 1 is 0.815 bits per heavy atom. The van der Waals surface area contributed by atoms with Crippen molar-refractivity contribution in [3.8, 4) is 0 Å². The van der Waals surface area contributed by atoms with E-state index in [2.05, 4.69) is 41.7 Å². The van der Waals surface area contributed by atoms with Crippen LogP contribution in [-0.4, -0.2) is 25.3 Å². The lowest BCUT2D eigenvalue weighted by Crippen LogP contribution is -2.36. The standard InChI is InChI=1S/C23H21NO3/c25-22-24-16-21(27-22)17-26-23(18-10-4-1-5-11-18,19-12-6-2-7-13-19)20-14-8-3-9-15-20/h1-15,21H,16-17H2,(H,24,25). The monoisotopic (exact) mass is 359 g/mol. The molecule has 0 bridgehead atoms. The van der Waals surface area contributed by atoms with Gasteiger partial charge in [-0.1, -0.05) is 91.0 Å². The maximum Gasteiger partial charge on any atom is 0.407 e. The van der Waals surface area contributed by atoms with Gasteiger partial charge in [-0.25, -0.2) is 4.79 Å². The minimum atomic E-state index is -0.793. The molecule has 1 amide bonds. The molecule has 1 aliphatic rings. The second-order valence-corrected chi connectivity index (χ2v) is 6.50. The van der Waals surface area contributed by atoms with Crippen molar-refractivity contribution in [3.63, 3.8) is 0 Å². The van der Waals surface area contributed by atoms with Gasteiger partial charge in [0.15, 0.2) is 0 Å². The van der Waals surface area contributed by atoms with Crippen molar-refractivity contribution in [2.75, 3.05) is 13.2 Å². The number of rotatable bonds is 6. The number of benzene rings is 3. The van der Waals surface area contributed by atoms with Gasteiger partial charge in [-0.2, -0.15) is 0 Å². The minimum Gasteiger partial charge on any atom is -0.442 e. The predicted octanol–water partition coefficient (Wildman–Crippen LogP) is 4.10. The van der Waals surface area contributed by atoms with Gasteiger partial charge >= 0.3 is 6.09 Å². The number of hydrogen-bond acceptors (Lipinski definition) is 3. The zero-order valence-electron chi connectivity index (χ0n) is 14.9. The Morgan fingerprint density at radius 2 is 1.26 bits per heavy atom. The quantitative estimate of drug-likeness (QED) is 0.674. The van der Waals surface area contributed by atoms with Crippen LogP contribution in [0.5, 0.6) is 0 Å².